The molecule has 1 aromatic heterocycles. The smallest absolute Gasteiger partial charge is 0.331 e. The van der Waals surface area contributed by atoms with Crippen LogP contribution in [0, 0.1) is 0 Å². The van der Waals surface area contributed by atoms with Crippen molar-refractivity contribution in [1.82, 2.24) is 10.3 Å². The van der Waals surface area contributed by atoms with Crippen molar-refractivity contribution in [1.29, 1.82) is 0 Å². The molecule has 5 nitrogen and oxygen atoms in total. The molecule has 0 radical (unpaired) electrons. The number of benzene rings is 2. The van der Waals surface area contributed by atoms with Crippen LogP contribution in [0.5, 0.6) is 0 Å². The number of rotatable bonds is 7. The Morgan fingerprint density at radius 1 is 1.06 bits per heavy atom. The highest BCUT2D eigenvalue weighted by atomic mass is 16.5. The van der Waals surface area contributed by atoms with E-state index in [4.69, 9.17) is 4.74 Å². The van der Waals surface area contributed by atoms with Crippen molar-refractivity contribution in [2.24, 2.45) is 0 Å². The van der Waals surface area contributed by atoms with Gasteiger partial charge in [-0.2, -0.15) is 0 Å². The van der Waals surface area contributed by atoms with Crippen molar-refractivity contribution >= 4 is 22.8 Å². The Balaban J connectivity index is 1.57. The maximum atomic E-state index is 13.3. The Kier molecular flexibility index (Phi) is 5.86. The quantitative estimate of drug-likeness (QED) is 0.548. The maximum absolute atomic E-state index is 13.3. The largest absolute Gasteiger partial charge is 0.467 e. The van der Waals surface area contributed by atoms with E-state index in [0.717, 1.165) is 42.1 Å². The van der Waals surface area contributed by atoms with Crippen LogP contribution in [0.3, 0.4) is 0 Å². The molecule has 1 atom stereocenters. The Labute approximate surface area is 183 Å². The zero-order chi connectivity index (χ0) is 21.9. The molecule has 2 aromatic carbocycles. The van der Waals surface area contributed by atoms with Crippen LogP contribution in [0.2, 0.25) is 0 Å². The summed E-state index contributed by atoms with van der Waals surface area (Å²) in [6.45, 7) is 1.75. The molecule has 1 amide bonds. The summed E-state index contributed by atoms with van der Waals surface area (Å²) < 4.78 is 5.09. The Bertz CT molecular complexity index is 1070. The number of amides is 1. The van der Waals surface area contributed by atoms with E-state index in [0.29, 0.717) is 12.8 Å². The highest BCUT2D eigenvalue weighted by Crippen LogP contribution is 2.43. The van der Waals surface area contributed by atoms with Gasteiger partial charge in [0.2, 0.25) is 5.91 Å². The first-order chi connectivity index (χ1) is 15.0. The predicted octanol–water partition coefficient (Wildman–Crippen LogP) is 4.66. The standard InChI is InChI=1S/C26H30N2O3/c1-25(24(30)31-2,16-19-18-27-22-13-7-6-12-21(19)22)28-23(29)17-26(14-8-9-15-26)20-10-4-3-5-11-20/h3-7,10-13,18,27H,8-9,14-17H2,1-2H3,(H,28,29)/t25-/m1/s1. The second kappa shape index (κ2) is 8.58. The van der Waals surface area contributed by atoms with E-state index in [9.17, 15) is 9.59 Å². The topological polar surface area (TPSA) is 71.2 Å². The molecule has 0 aliphatic heterocycles. The number of aromatic nitrogens is 1. The average Bonchev–Trinajstić information content (AvgIpc) is 3.42. The summed E-state index contributed by atoms with van der Waals surface area (Å²) in [5.41, 5.74) is 1.88. The summed E-state index contributed by atoms with van der Waals surface area (Å²) in [6, 6.07) is 18.2. The SMILES string of the molecule is COC(=O)[C@@](C)(Cc1c[nH]c2ccccc12)NC(=O)CC1(c2ccccc2)CCCC1. The number of aromatic amines is 1. The van der Waals surface area contributed by atoms with Crippen LogP contribution >= 0.6 is 0 Å². The first-order valence-corrected chi connectivity index (χ1v) is 11.0. The summed E-state index contributed by atoms with van der Waals surface area (Å²) in [5, 5.41) is 4.09. The minimum absolute atomic E-state index is 0.113. The summed E-state index contributed by atoms with van der Waals surface area (Å²) in [6.07, 6.45) is 6.84. The number of methoxy groups -OCH3 is 1. The molecule has 5 heteroatoms. The van der Waals surface area contributed by atoms with Gasteiger partial charge < -0.3 is 15.0 Å². The van der Waals surface area contributed by atoms with E-state index in [1.807, 2.05) is 48.7 Å². The number of hydrogen-bond donors (Lipinski definition) is 2. The molecule has 3 aromatic rings. The van der Waals surface area contributed by atoms with E-state index >= 15 is 0 Å². The molecule has 1 fully saturated rings. The minimum atomic E-state index is -1.15. The molecule has 31 heavy (non-hydrogen) atoms. The van der Waals surface area contributed by atoms with Gasteiger partial charge in [0.1, 0.15) is 5.54 Å². The zero-order valence-electron chi connectivity index (χ0n) is 18.2. The van der Waals surface area contributed by atoms with Crippen molar-refractivity contribution in [2.45, 2.75) is 56.4 Å². The molecular formula is C26H30N2O3. The van der Waals surface area contributed by atoms with Crippen LogP contribution in [0.4, 0.5) is 0 Å². The third-order valence-corrected chi connectivity index (χ3v) is 6.72. The van der Waals surface area contributed by atoms with Gasteiger partial charge in [0.05, 0.1) is 7.11 Å². The monoisotopic (exact) mass is 418 g/mol. The molecule has 1 aliphatic carbocycles. The first-order valence-electron chi connectivity index (χ1n) is 11.0. The van der Waals surface area contributed by atoms with Gasteiger partial charge in [0, 0.05) is 35.4 Å². The van der Waals surface area contributed by atoms with E-state index in [-0.39, 0.29) is 11.3 Å². The van der Waals surface area contributed by atoms with E-state index in [1.165, 1.54) is 12.7 Å². The summed E-state index contributed by atoms with van der Waals surface area (Å²) in [4.78, 5) is 29.3. The summed E-state index contributed by atoms with van der Waals surface area (Å²) in [7, 11) is 1.37. The second-order valence-electron chi connectivity index (χ2n) is 8.94. The highest BCUT2D eigenvalue weighted by molar-refractivity contribution is 5.90. The van der Waals surface area contributed by atoms with Crippen LogP contribution in [0.15, 0.2) is 60.8 Å². The molecule has 4 rings (SSSR count). The molecule has 2 N–H and O–H groups in total. The molecule has 162 valence electrons. The molecule has 1 heterocycles. The fraction of sp³-hybridized carbons (Fsp3) is 0.385. The first kappa shape index (κ1) is 21.2. The van der Waals surface area contributed by atoms with Gasteiger partial charge in [-0.05, 0) is 37.0 Å². The molecule has 0 saturated heterocycles. The van der Waals surface area contributed by atoms with Crippen LogP contribution < -0.4 is 5.32 Å². The summed E-state index contributed by atoms with van der Waals surface area (Å²) >= 11 is 0. The van der Waals surface area contributed by atoms with Gasteiger partial charge in [-0.15, -0.1) is 0 Å². The van der Waals surface area contributed by atoms with Gasteiger partial charge in [0.25, 0.3) is 0 Å². The number of nitrogens with one attached hydrogen (secondary N) is 2. The number of para-hydroxylation sites is 1. The Morgan fingerprint density at radius 3 is 2.45 bits per heavy atom. The lowest BCUT2D eigenvalue weighted by Gasteiger charge is -2.33. The third-order valence-electron chi connectivity index (χ3n) is 6.72. The lowest BCUT2D eigenvalue weighted by atomic mass is 9.75. The van der Waals surface area contributed by atoms with Crippen molar-refractivity contribution < 1.29 is 14.3 Å². The Morgan fingerprint density at radius 2 is 1.74 bits per heavy atom. The summed E-state index contributed by atoms with van der Waals surface area (Å²) in [5.74, 6) is -0.551. The number of H-pyrrole nitrogens is 1. The number of carbonyl (C=O) groups excluding carboxylic acids is 2. The Hall–Kier alpha value is -3.08. The van der Waals surface area contributed by atoms with Crippen LogP contribution in [-0.4, -0.2) is 29.5 Å². The second-order valence-corrected chi connectivity index (χ2v) is 8.94. The van der Waals surface area contributed by atoms with Gasteiger partial charge >= 0.3 is 5.97 Å². The highest BCUT2D eigenvalue weighted by Gasteiger charge is 2.41. The lowest BCUT2D eigenvalue weighted by Crippen LogP contribution is -2.55. The zero-order valence-corrected chi connectivity index (χ0v) is 18.2. The van der Waals surface area contributed by atoms with E-state index in [2.05, 4.69) is 22.4 Å². The minimum Gasteiger partial charge on any atom is -0.467 e. The average molecular weight is 419 g/mol. The molecule has 1 saturated carbocycles. The normalized spacial score (nSPS) is 17.2. The maximum Gasteiger partial charge on any atom is 0.331 e. The van der Waals surface area contributed by atoms with Crippen molar-refractivity contribution in [3.05, 3.63) is 71.9 Å². The molecular weight excluding hydrogens is 388 g/mol. The van der Waals surface area contributed by atoms with Crippen molar-refractivity contribution in [2.75, 3.05) is 7.11 Å². The van der Waals surface area contributed by atoms with Crippen LogP contribution in [0.25, 0.3) is 10.9 Å². The van der Waals surface area contributed by atoms with Crippen LogP contribution in [0.1, 0.15) is 50.2 Å². The van der Waals surface area contributed by atoms with Gasteiger partial charge in [-0.3, -0.25) is 4.79 Å². The number of fused-ring (bicyclic) bond motifs is 1. The van der Waals surface area contributed by atoms with Crippen molar-refractivity contribution in [3.8, 4) is 0 Å². The molecule has 0 unspecified atom stereocenters. The predicted molar refractivity (Wildman–Crippen MR) is 122 cm³/mol. The van der Waals surface area contributed by atoms with E-state index < -0.39 is 11.5 Å². The number of carbonyl (C=O) groups is 2. The molecule has 0 bridgehead atoms. The van der Waals surface area contributed by atoms with Gasteiger partial charge in [-0.25, -0.2) is 4.79 Å². The number of hydrogen-bond acceptors (Lipinski definition) is 3. The van der Waals surface area contributed by atoms with Gasteiger partial charge in [-0.1, -0.05) is 61.4 Å². The van der Waals surface area contributed by atoms with Gasteiger partial charge in [0.15, 0.2) is 0 Å². The van der Waals surface area contributed by atoms with Crippen LogP contribution in [-0.2, 0) is 26.2 Å². The fourth-order valence-corrected chi connectivity index (χ4v) is 5.12. The molecule has 0 spiro atoms. The number of esters is 1. The van der Waals surface area contributed by atoms with Crippen molar-refractivity contribution in [3.63, 3.8) is 0 Å². The third kappa shape index (κ3) is 4.22. The number of ether oxygens (including phenoxy) is 1. The molecule has 1 aliphatic rings. The fourth-order valence-electron chi connectivity index (χ4n) is 5.12. The van der Waals surface area contributed by atoms with E-state index in [1.54, 1.807) is 6.92 Å². The lowest BCUT2D eigenvalue weighted by molar-refractivity contribution is -0.150.